The first-order chi connectivity index (χ1) is 9.80. The molecular weight excluding hydrogens is 248 g/mol. The Balaban J connectivity index is 2.31. The largest absolute Gasteiger partial charge is 0.310 e. The molecule has 0 spiro atoms. The summed E-state index contributed by atoms with van der Waals surface area (Å²) >= 11 is 0. The molecule has 2 rings (SSSR count). The number of benzene rings is 1. The highest BCUT2D eigenvalue weighted by atomic mass is 15.4. The van der Waals surface area contributed by atoms with Gasteiger partial charge < -0.3 is 5.32 Å². The molecule has 0 radical (unpaired) electrons. The molecule has 108 valence electrons. The maximum Gasteiger partial charge on any atom is 0.0885 e. The molecule has 0 fully saturated rings. The van der Waals surface area contributed by atoms with Gasteiger partial charge in [0, 0.05) is 18.2 Å². The highest BCUT2D eigenvalue weighted by Crippen LogP contribution is 2.24. The van der Waals surface area contributed by atoms with Gasteiger partial charge in [-0.25, -0.2) is 4.68 Å². The molecule has 2 aromatic rings. The summed E-state index contributed by atoms with van der Waals surface area (Å²) in [5, 5.41) is 11.7. The fourth-order valence-corrected chi connectivity index (χ4v) is 2.52. The monoisotopic (exact) mass is 272 g/mol. The van der Waals surface area contributed by atoms with Crippen molar-refractivity contribution >= 4 is 0 Å². The summed E-state index contributed by atoms with van der Waals surface area (Å²) in [4.78, 5) is 0. The van der Waals surface area contributed by atoms with E-state index >= 15 is 0 Å². The van der Waals surface area contributed by atoms with Crippen molar-refractivity contribution in [3.8, 4) is 11.3 Å². The zero-order valence-electron chi connectivity index (χ0n) is 12.6. The van der Waals surface area contributed by atoms with Gasteiger partial charge in [-0.05, 0) is 31.0 Å². The summed E-state index contributed by atoms with van der Waals surface area (Å²) in [5.74, 6) is 0. The van der Waals surface area contributed by atoms with E-state index in [4.69, 9.17) is 0 Å². The van der Waals surface area contributed by atoms with Gasteiger partial charge in [-0.2, -0.15) is 0 Å². The molecule has 0 saturated carbocycles. The van der Waals surface area contributed by atoms with Crippen LogP contribution in [0, 0.1) is 0 Å². The summed E-state index contributed by atoms with van der Waals surface area (Å²) in [6.07, 6.45) is 4.00. The van der Waals surface area contributed by atoms with Gasteiger partial charge >= 0.3 is 0 Å². The van der Waals surface area contributed by atoms with Crippen LogP contribution >= 0.6 is 0 Å². The van der Waals surface area contributed by atoms with Crippen LogP contribution in [0.4, 0.5) is 0 Å². The van der Waals surface area contributed by atoms with E-state index in [0.29, 0.717) is 6.04 Å². The Morgan fingerprint density at radius 1 is 1.25 bits per heavy atom. The molecule has 0 aliphatic heterocycles. The molecule has 1 aromatic heterocycles. The minimum atomic E-state index is 0.412. The average Bonchev–Trinajstić information content (AvgIpc) is 2.93. The molecule has 1 unspecified atom stereocenters. The van der Waals surface area contributed by atoms with Gasteiger partial charge in [0.15, 0.2) is 0 Å². The molecule has 1 atom stereocenters. The Morgan fingerprint density at radius 3 is 2.80 bits per heavy atom. The van der Waals surface area contributed by atoms with Gasteiger partial charge in [0.2, 0.25) is 0 Å². The topological polar surface area (TPSA) is 42.7 Å². The number of hydrogen-bond donors (Lipinski definition) is 1. The van der Waals surface area contributed by atoms with Crippen molar-refractivity contribution in [1.29, 1.82) is 0 Å². The fraction of sp³-hybridized carbons (Fsp3) is 0.500. The van der Waals surface area contributed by atoms with Gasteiger partial charge in [-0.15, -0.1) is 5.10 Å². The van der Waals surface area contributed by atoms with Crippen molar-refractivity contribution < 1.29 is 0 Å². The SMILES string of the molecule is CCCn1nncc1-c1cccc(C(CC)NCC)c1. The van der Waals surface area contributed by atoms with Gasteiger partial charge in [0.05, 0.1) is 11.9 Å². The third-order valence-electron chi connectivity index (χ3n) is 3.50. The first-order valence-corrected chi connectivity index (χ1v) is 7.52. The number of aromatic nitrogens is 3. The first kappa shape index (κ1) is 14.7. The first-order valence-electron chi connectivity index (χ1n) is 7.52. The Labute approximate surface area is 121 Å². The van der Waals surface area contributed by atoms with Crippen molar-refractivity contribution in [1.82, 2.24) is 20.3 Å². The molecule has 0 saturated heterocycles. The van der Waals surface area contributed by atoms with Gasteiger partial charge in [0.25, 0.3) is 0 Å². The lowest BCUT2D eigenvalue weighted by Gasteiger charge is -2.17. The third kappa shape index (κ3) is 3.25. The zero-order chi connectivity index (χ0) is 14.4. The van der Waals surface area contributed by atoms with E-state index in [1.54, 1.807) is 0 Å². The zero-order valence-corrected chi connectivity index (χ0v) is 12.6. The molecule has 4 nitrogen and oxygen atoms in total. The summed E-state index contributed by atoms with van der Waals surface area (Å²) in [6, 6.07) is 9.10. The van der Waals surface area contributed by atoms with E-state index in [1.807, 2.05) is 10.9 Å². The van der Waals surface area contributed by atoms with E-state index < -0.39 is 0 Å². The van der Waals surface area contributed by atoms with Crippen LogP contribution < -0.4 is 5.32 Å². The second kappa shape index (κ2) is 7.20. The Kier molecular flexibility index (Phi) is 5.30. The lowest BCUT2D eigenvalue weighted by molar-refractivity contribution is 0.537. The Morgan fingerprint density at radius 2 is 2.10 bits per heavy atom. The van der Waals surface area contributed by atoms with Gasteiger partial charge in [0.1, 0.15) is 0 Å². The molecule has 20 heavy (non-hydrogen) atoms. The van der Waals surface area contributed by atoms with Gasteiger partial charge in [-0.3, -0.25) is 0 Å². The number of nitrogens with one attached hydrogen (secondary N) is 1. The molecule has 4 heteroatoms. The number of aryl methyl sites for hydroxylation is 1. The van der Waals surface area contributed by atoms with Crippen molar-refractivity contribution in [2.24, 2.45) is 0 Å². The maximum absolute atomic E-state index is 4.16. The van der Waals surface area contributed by atoms with Crippen molar-refractivity contribution in [3.63, 3.8) is 0 Å². The molecule has 1 aromatic carbocycles. The summed E-state index contributed by atoms with van der Waals surface area (Å²) in [7, 11) is 0. The summed E-state index contributed by atoms with van der Waals surface area (Å²) in [5.41, 5.74) is 3.62. The molecular formula is C16H24N4. The predicted octanol–water partition coefficient (Wildman–Crippen LogP) is 3.42. The van der Waals surface area contributed by atoms with Crippen LogP contribution in [0.3, 0.4) is 0 Å². The lowest BCUT2D eigenvalue weighted by Crippen LogP contribution is -2.20. The standard InChI is InChI=1S/C16H24N4/c1-4-10-20-16(12-18-19-20)14-9-7-8-13(11-14)15(5-2)17-6-3/h7-9,11-12,15,17H,4-6,10H2,1-3H3. The quantitative estimate of drug-likeness (QED) is 0.840. The Bertz CT molecular complexity index is 533. The van der Waals surface area contributed by atoms with E-state index in [2.05, 4.69) is 60.7 Å². The maximum atomic E-state index is 4.16. The highest BCUT2D eigenvalue weighted by molar-refractivity contribution is 5.59. The average molecular weight is 272 g/mol. The van der Waals surface area contributed by atoms with Crippen LogP contribution in [0.25, 0.3) is 11.3 Å². The second-order valence-electron chi connectivity index (χ2n) is 4.99. The van der Waals surface area contributed by atoms with Crippen molar-refractivity contribution in [2.45, 2.75) is 46.2 Å². The van der Waals surface area contributed by atoms with E-state index in [9.17, 15) is 0 Å². The fourth-order valence-electron chi connectivity index (χ4n) is 2.52. The van der Waals surface area contributed by atoms with Crippen LogP contribution in [0.5, 0.6) is 0 Å². The van der Waals surface area contributed by atoms with Gasteiger partial charge in [-0.1, -0.05) is 44.2 Å². The third-order valence-corrected chi connectivity index (χ3v) is 3.50. The molecule has 1 N–H and O–H groups in total. The second-order valence-corrected chi connectivity index (χ2v) is 4.99. The lowest BCUT2D eigenvalue weighted by atomic mass is 10.0. The summed E-state index contributed by atoms with van der Waals surface area (Å²) < 4.78 is 1.98. The number of nitrogens with zero attached hydrogens (tertiary/aromatic N) is 3. The number of rotatable bonds is 7. The summed E-state index contributed by atoms with van der Waals surface area (Å²) in [6.45, 7) is 8.40. The molecule has 0 bridgehead atoms. The van der Waals surface area contributed by atoms with Crippen molar-refractivity contribution in [2.75, 3.05) is 6.54 Å². The van der Waals surface area contributed by atoms with Crippen molar-refractivity contribution in [3.05, 3.63) is 36.0 Å². The predicted molar refractivity (Wildman–Crippen MR) is 82.5 cm³/mol. The minimum Gasteiger partial charge on any atom is -0.310 e. The van der Waals surface area contributed by atoms with Crippen LogP contribution in [-0.4, -0.2) is 21.5 Å². The van der Waals surface area contributed by atoms with E-state index in [-0.39, 0.29) is 0 Å². The smallest absolute Gasteiger partial charge is 0.0885 e. The van der Waals surface area contributed by atoms with E-state index in [1.165, 1.54) is 11.1 Å². The van der Waals surface area contributed by atoms with Crippen LogP contribution in [0.1, 0.15) is 45.2 Å². The van der Waals surface area contributed by atoms with Crippen LogP contribution in [0.2, 0.25) is 0 Å². The molecule has 0 aliphatic carbocycles. The molecule has 0 aliphatic rings. The number of hydrogen-bond acceptors (Lipinski definition) is 3. The van der Waals surface area contributed by atoms with Crippen LogP contribution in [0.15, 0.2) is 30.5 Å². The van der Waals surface area contributed by atoms with Crippen LogP contribution in [-0.2, 0) is 6.54 Å². The van der Waals surface area contributed by atoms with E-state index in [0.717, 1.165) is 31.6 Å². The molecule has 1 heterocycles. The Hall–Kier alpha value is -1.68. The highest BCUT2D eigenvalue weighted by Gasteiger charge is 2.11. The molecule has 0 amide bonds. The normalized spacial score (nSPS) is 12.6. The minimum absolute atomic E-state index is 0.412.